The average molecular weight is 905 g/mol. The molecule has 0 fully saturated rings. The highest BCUT2D eigenvalue weighted by molar-refractivity contribution is 7.86. The maximum absolute atomic E-state index is 12.6. The highest BCUT2D eigenvalue weighted by Crippen LogP contribution is 2.44. The summed E-state index contributed by atoms with van der Waals surface area (Å²) in [5, 5.41) is 39.8. The van der Waals surface area contributed by atoms with Gasteiger partial charge in [-0.2, -0.15) is 40.6 Å². The number of methoxy groups -OCH3 is 2. The molecule has 0 aromatic heterocycles. The molecule has 0 saturated heterocycles. The molecule has 0 atom stereocenters. The Morgan fingerprint density at radius 2 is 1.10 bits per heavy atom. The Bertz CT molecular complexity index is 3210. The lowest BCUT2D eigenvalue weighted by Crippen LogP contribution is -2.05. The number of azo groups is 3. The predicted molar refractivity (Wildman–Crippen MR) is 228 cm³/mol. The number of hydrogen-bond acceptors (Lipinski definition) is 17. The first-order valence-electron chi connectivity index (χ1n) is 17.7. The van der Waals surface area contributed by atoms with Crippen molar-refractivity contribution in [2.24, 2.45) is 30.7 Å². The SMILES string of the molecule is COc1cc(N=Nc2ccc(S(=O)(=O)O)cc2)c(C)cc1N=Nc1cc(OC)c(N=Nc2c(S(=O)(=O)O)cc3cc(Nc4cc(S(=O)(=O)O)c(N)cc4C)ccc3c2O)cc1C. The van der Waals surface area contributed by atoms with Crippen LogP contribution in [0.15, 0.2) is 130 Å². The molecule has 0 aliphatic heterocycles. The monoisotopic (exact) mass is 904 g/mol. The number of anilines is 3. The Kier molecular flexibility index (Phi) is 12.4. The number of phenolic OH excluding ortho intramolecular Hbond substituents is 1. The molecular formula is C39H36N8O12S3. The minimum absolute atomic E-state index is 0.100. The maximum Gasteiger partial charge on any atom is 0.296 e. The number of aryl methyl sites for hydroxylation is 3. The minimum Gasteiger partial charge on any atom is -0.505 e. The second-order valence-corrected chi connectivity index (χ2v) is 17.7. The van der Waals surface area contributed by atoms with E-state index in [1.54, 1.807) is 32.9 Å². The van der Waals surface area contributed by atoms with E-state index in [1.165, 1.54) is 74.9 Å². The third-order valence-corrected chi connectivity index (χ3v) is 11.8. The summed E-state index contributed by atoms with van der Waals surface area (Å²) < 4.78 is 112. The van der Waals surface area contributed by atoms with E-state index in [2.05, 4.69) is 36.0 Å². The summed E-state index contributed by atoms with van der Waals surface area (Å²) in [5.41, 5.74) is 8.84. The molecule has 6 rings (SSSR count). The molecule has 7 N–H and O–H groups in total. The van der Waals surface area contributed by atoms with Crippen molar-refractivity contribution in [1.29, 1.82) is 0 Å². The van der Waals surface area contributed by atoms with Crippen LogP contribution in [0, 0.1) is 20.8 Å². The van der Waals surface area contributed by atoms with Gasteiger partial charge in [0, 0.05) is 28.9 Å². The number of nitrogens with zero attached hydrogens (tertiary/aromatic N) is 6. The van der Waals surface area contributed by atoms with Crippen LogP contribution in [-0.2, 0) is 30.4 Å². The second-order valence-electron chi connectivity index (χ2n) is 13.5. The number of nitrogens with two attached hydrogens (primary N) is 1. The molecule has 0 bridgehead atoms. The van der Waals surface area contributed by atoms with E-state index in [0.29, 0.717) is 50.9 Å². The zero-order valence-electron chi connectivity index (χ0n) is 33.1. The summed E-state index contributed by atoms with van der Waals surface area (Å²) in [6, 6.07) is 19.4. The Balaban J connectivity index is 1.28. The van der Waals surface area contributed by atoms with E-state index in [1.807, 2.05) is 0 Å². The van der Waals surface area contributed by atoms with Gasteiger partial charge in [-0.05, 0) is 116 Å². The summed E-state index contributed by atoms with van der Waals surface area (Å²) >= 11 is 0. The molecule has 0 aliphatic carbocycles. The Morgan fingerprint density at radius 1 is 0.565 bits per heavy atom. The second kappa shape index (κ2) is 17.2. The summed E-state index contributed by atoms with van der Waals surface area (Å²) in [4.78, 5) is -1.57. The van der Waals surface area contributed by atoms with Gasteiger partial charge in [0.15, 0.2) is 5.75 Å². The van der Waals surface area contributed by atoms with Crippen molar-refractivity contribution in [3.05, 3.63) is 102 Å². The van der Waals surface area contributed by atoms with Crippen molar-refractivity contribution in [3.8, 4) is 17.2 Å². The van der Waals surface area contributed by atoms with E-state index >= 15 is 0 Å². The number of hydrogen-bond donors (Lipinski definition) is 6. The van der Waals surface area contributed by atoms with Crippen LogP contribution in [-0.4, -0.2) is 58.2 Å². The van der Waals surface area contributed by atoms with Gasteiger partial charge >= 0.3 is 0 Å². The van der Waals surface area contributed by atoms with Gasteiger partial charge in [0.1, 0.15) is 38.4 Å². The van der Waals surface area contributed by atoms with Gasteiger partial charge in [-0.25, -0.2) is 0 Å². The number of aromatic hydroxyl groups is 1. The topological polar surface area (TPSA) is 314 Å². The number of fused-ring (bicyclic) bond motifs is 1. The van der Waals surface area contributed by atoms with E-state index < -0.39 is 51.6 Å². The lowest BCUT2D eigenvalue weighted by atomic mass is 10.1. The van der Waals surface area contributed by atoms with Crippen LogP contribution in [0.3, 0.4) is 0 Å². The molecule has 0 spiro atoms. The number of nitrogen functional groups attached to an aromatic ring is 1. The molecule has 6 aromatic carbocycles. The van der Waals surface area contributed by atoms with Crippen molar-refractivity contribution in [1.82, 2.24) is 0 Å². The molecule has 0 heterocycles. The van der Waals surface area contributed by atoms with E-state index in [0.717, 1.165) is 12.1 Å². The molecule has 0 amide bonds. The van der Waals surface area contributed by atoms with Gasteiger partial charge in [0.25, 0.3) is 30.4 Å². The first-order valence-corrected chi connectivity index (χ1v) is 22.0. The maximum atomic E-state index is 12.6. The fourth-order valence-corrected chi connectivity index (χ4v) is 7.74. The number of ether oxygens (including phenoxy) is 2. The minimum atomic E-state index is -5.00. The zero-order valence-corrected chi connectivity index (χ0v) is 35.6. The molecule has 20 nitrogen and oxygen atoms in total. The Morgan fingerprint density at radius 3 is 1.63 bits per heavy atom. The lowest BCUT2D eigenvalue weighted by Gasteiger charge is -2.14. The first-order chi connectivity index (χ1) is 29.1. The fraction of sp³-hybridized carbons (Fsp3) is 0.128. The van der Waals surface area contributed by atoms with Crippen LogP contribution in [0.2, 0.25) is 0 Å². The van der Waals surface area contributed by atoms with E-state index in [4.69, 9.17) is 15.2 Å². The molecule has 23 heteroatoms. The third kappa shape index (κ3) is 9.83. The first kappa shape index (κ1) is 44.7. The molecule has 62 heavy (non-hydrogen) atoms. The molecule has 322 valence electrons. The highest BCUT2D eigenvalue weighted by atomic mass is 32.2. The van der Waals surface area contributed by atoms with Crippen LogP contribution in [0.4, 0.5) is 51.2 Å². The largest absolute Gasteiger partial charge is 0.505 e. The van der Waals surface area contributed by atoms with E-state index in [-0.39, 0.29) is 38.5 Å². The van der Waals surface area contributed by atoms with Crippen molar-refractivity contribution in [2.75, 3.05) is 25.3 Å². The average Bonchev–Trinajstić information content (AvgIpc) is 3.19. The number of nitrogens with one attached hydrogen (secondary N) is 1. The van der Waals surface area contributed by atoms with Crippen LogP contribution < -0.4 is 20.5 Å². The van der Waals surface area contributed by atoms with Crippen molar-refractivity contribution in [2.45, 2.75) is 35.5 Å². The Hall–Kier alpha value is -6.89. The number of rotatable bonds is 13. The van der Waals surface area contributed by atoms with Gasteiger partial charge in [0.05, 0.1) is 41.9 Å². The van der Waals surface area contributed by atoms with Gasteiger partial charge < -0.3 is 25.6 Å². The molecular weight excluding hydrogens is 869 g/mol. The molecule has 0 saturated carbocycles. The van der Waals surface area contributed by atoms with Crippen LogP contribution in [0.25, 0.3) is 10.8 Å². The van der Waals surface area contributed by atoms with Crippen LogP contribution in [0.5, 0.6) is 17.2 Å². The fourth-order valence-electron chi connectivity index (χ4n) is 5.98. The number of phenols is 1. The van der Waals surface area contributed by atoms with Gasteiger partial charge in [0.2, 0.25) is 0 Å². The van der Waals surface area contributed by atoms with Crippen LogP contribution >= 0.6 is 0 Å². The number of benzene rings is 6. The normalized spacial score (nSPS) is 12.5. The summed E-state index contributed by atoms with van der Waals surface area (Å²) in [6.45, 7) is 5.09. The highest BCUT2D eigenvalue weighted by Gasteiger charge is 2.23. The molecule has 0 unspecified atom stereocenters. The third-order valence-electron chi connectivity index (χ3n) is 9.17. The summed E-state index contributed by atoms with van der Waals surface area (Å²) in [5.74, 6) is -0.195. The van der Waals surface area contributed by atoms with Crippen molar-refractivity contribution in [3.63, 3.8) is 0 Å². The standard InChI is InChI=1S/C39H36N8O12S3/c1-20-12-28(40)36(61(52,53)54)19-29(20)41-25-8-11-27-23(15-25)16-37(62(55,56)57)38(39(27)48)47-46-33-14-22(3)31(18-35(33)59-5)44-45-32-13-21(2)30(17-34(32)58-4)43-42-24-6-9-26(10-7-24)60(49,50)51/h6-19,41,48H,40H2,1-5H3,(H,49,50,51)(H,52,53,54)(H,55,56,57). The van der Waals surface area contributed by atoms with Crippen molar-refractivity contribution >= 4 is 92.3 Å². The van der Waals surface area contributed by atoms with Crippen molar-refractivity contribution < 1.29 is 53.5 Å². The van der Waals surface area contributed by atoms with Gasteiger partial charge in [-0.3, -0.25) is 13.7 Å². The molecule has 6 aromatic rings. The molecule has 0 radical (unpaired) electrons. The predicted octanol–water partition coefficient (Wildman–Crippen LogP) is 9.80. The molecule has 0 aliphatic rings. The summed E-state index contributed by atoms with van der Waals surface area (Å²) in [7, 11) is -11.2. The lowest BCUT2D eigenvalue weighted by molar-refractivity contribution is 0.415. The van der Waals surface area contributed by atoms with Crippen LogP contribution in [0.1, 0.15) is 16.7 Å². The van der Waals surface area contributed by atoms with E-state index in [9.17, 15) is 44.0 Å². The quantitative estimate of drug-likeness (QED) is 0.0357. The zero-order chi connectivity index (χ0) is 45.3. The Labute approximate surface area is 354 Å². The van der Waals surface area contributed by atoms with Gasteiger partial charge in [-0.1, -0.05) is 0 Å². The van der Waals surface area contributed by atoms with Gasteiger partial charge in [-0.15, -0.1) is 15.3 Å². The smallest absolute Gasteiger partial charge is 0.296 e. The summed E-state index contributed by atoms with van der Waals surface area (Å²) in [6.07, 6.45) is 0.